The van der Waals surface area contributed by atoms with Crippen molar-refractivity contribution in [3.05, 3.63) is 0 Å². The second-order valence-corrected chi connectivity index (χ2v) is 5.70. The van der Waals surface area contributed by atoms with Gasteiger partial charge in [0.15, 0.2) is 5.78 Å². The number of ketones is 1. The summed E-state index contributed by atoms with van der Waals surface area (Å²) in [6, 6.07) is 0. The molecule has 0 spiro atoms. The molecule has 1 aliphatic rings. The lowest BCUT2D eigenvalue weighted by atomic mass is 9.87. The fourth-order valence-electron chi connectivity index (χ4n) is 2.30. The van der Waals surface area contributed by atoms with Crippen molar-refractivity contribution in [2.45, 2.75) is 46.6 Å². The minimum atomic E-state index is -1.06. The van der Waals surface area contributed by atoms with Gasteiger partial charge in [-0.25, -0.2) is 0 Å². The summed E-state index contributed by atoms with van der Waals surface area (Å²) in [6.07, 6.45) is 2.20. The Morgan fingerprint density at radius 1 is 1.15 bits per heavy atom. The molecule has 1 heterocycles. The first-order chi connectivity index (χ1) is 9.41. The highest BCUT2D eigenvalue weighted by molar-refractivity contribution is 6.03. The van der Waals surface area contributed by atoms with Gasteiger partial charge in [-0.1, -0.05) is 0 Å². The Hall–Kier alpha value is -0.940. The molecule has 1 rings (SSSR count). The summed E-state index contributed by atoms with van der Waals surface area (Å²) >= 11 is 0. The number of ether oxygens (including phenoxy) is 2. The second-order valence-electron chi connectivity index (χ2n) is 5.70. The molecule has 1 fully saturated rings. The molecule has 5 heteroatoms. The summed E-state index contributed by atoms with van der Waals surface area (Å²) in [5, 5.41) is 0. The van der Waals surface area contributed by atoms with E-state index in [0.717, 1.165) is 32.5 Å². The molecular weight excluding hydrogens is 258 g/mol. The zero-order valence-corrected chi connectivity index (χ0v) is 13.1. The molecule has 0 aromatic carbocycles. The van der Waals surface area contributed by atoms with Gasteiger partial charge in [-0.05, 0) is 40.5 Å². The first kappa shape index (κ1) is 17.1. The van der Waals surface area contributed by atoms with E-state index in [0.29, 0.717) is 19.3 Å². The zero-order valence-electron chi connectivity index (χ0n) is 13.1. The topological polar surface area (TPSA) is 55.8 Å². The van der Waals surface area contributed by atoms with E-state index in [1.807, 2.05) is 6.92 Å². The van der Waals surface area contributed by atoms with Crippen LogP contribution in [-0.2, 0) is 19.1 Å². The molecule has 5 nitrogen and oxygen atoms in total. The molecule has 20 heavy (non-hydrogen) atoms. The summed E-state index contributed by atoms with van der Waals surface area (Å²) in [5.74, 6) is -0.514. The lowest BCUT2D eigenvalue weighted by Crippen LogP contribution is -2.45. The monoisotopic (exact) mass is 285 g/mol. The zero-order chi connectivity index (χ0) is 15.2. The Balaban J connectivity index is 2.45. The molecule has 0 radical (unpaired) electrons. The average molecular weight is 285 g/mol. The fraction of sp³-hybridized carbons (Fsp3) is 0.867. The second kappa shape index (κ2) is 7.74. The van der Waals surface area contributed by atoms with Crippen LogP contribution in [0, 0.1) is 5.41 Å². The standard InChI is InChI=1S/C15H27NO4/c1-5-19-12-7-9-16(10-8-12)11-13(17)15(3,4)14(18)20-6-2/h12H,5-11H2,1-4H3. The van der Waals surface area contributed by atoms with Gasteiger partial charge in [-0.3, -0.25) is 14.5 Å². The number of hydrogen-bond donors (Lipinski definition) is 0. The van der Waals surface area contributed by atoms with Crippen LogP contribution in [0.1, 0.15) is 40.5 Å². The van der Waals surface area contributed by atoms with E-state index >= 15 is 0 Å². The predicted molar refractivity (Wildman–Crippen MR) is 76.5 cm³/mol. The summed E-state index contributed by atoms with van der Waals surface area (Å²) in [5.41, 5.74) is -1.06. The van der Waals surface area contributed by atoms with Crippen molar-refractivity contribution in [2.24, 2.45) is 5.41 Å². The molecule has 0 aromatic rings. The summed E-state index contributed by atoms with van der Waals surface area (Å²) in [7, 11) is 0. The normalized spacial score (nSPS) is 18.0. The van der Waals surface area contributed by atoms with Crippen molar-refractivity contribution < 1.29 is 19.1 Å². The van der Waals surface area contributed by atoms with Gasteiger partial charge in [0.25, 0.3) is 0 Å². The first-order valence-electron chi connectivity index (χ1n) is 7.46. The SMILES string of the molecule is CCOC(=O)C(C)(C)C(=O)CN1CCC(OCC)CC1. The molecule has 0 amide bonds. The van der Waals surface area contributed by atoms with E-state index in [-0.39, 0.29) is 5.78 Å². The number of hydrogen-bond acceptors (Lipinski definition) is 5. The molecular formula is C15H27NO4. The molecule has 1 aliphatic heterocycles. The number of rotatable bonds is 7. The summed E-state index contributed by atoms with van der Waals surface area (Å²) in [4.78, 5) is 26.2. The molecule has 116 valence electrons. The molecule has 0 N–H and O–H groups in total. The van der Waals surface area contributed by atoms with Crippen LogP contribution in [0.4, 0.5) is 0 Å². The lowest BCUT2D eigenvalue weighted by Gasteiger charge is -2.32. The van der Waals surface area contributed by atoms with Gasteiger partial charge in [0.2, 0.25) is 0 Å². The minimum Gasteiger partial charge on any atom is -0.465 e. The molecule has 0 bridgehead atoms. The molecule has 0 unspecified atom stereocenters. The van der Waals surface area contributed by atoms with E-state index in [2.05, 4.69) is 4.90 Å². The Morgan fingerprint density at radius 3 is 2.25 bits per heavy atom. The van der Waals surface area contributed by atoms with Crippen LogP contribution in [0.2, 0.25) is 0 Å². The van der Waals surface area contributed by atoms with Crippen molar-refractivity contribution in [3.8, 4) is 0 Å². The van der Waals surface area contributed by atoms with Crippen molar-refractivity contribution in [2.75, 3.05) is 32.8 Å². The number of Topliss-reactive ketones (excluding diaryl/α,β-unsaturated/α-hetero) is 1. The van der Waals surface area contributed by atoms with Crippen LogP contribution in [0.15, 0.2) is 0 Å². The molecule has 1 saturated heterocycles. The van der Waals surface area contributed by atoms with E-state index in [1.54, 1.807) is 20.8 Å². The molecule has 0 aliphatic carbocycles. The third-order valence-corrected chi connectivity index (χ3v) is 3.79. The Morgan fingerprint density at radius 2 is 1.75 bits per heavy atom. The Kier molecular flexibility index (Phi) is 6.62. The Bertz CT molecular complexity index is 333. The highest BCUT2D eigenvalue weighted by Crippen LogP contribution is 2.21. The summed E-state index contributed by atoms with van der Waals surface area (Å²) in [6.45, 7) is 10.1. The highest BCUT2D eigenvalue weighted by atomic mass is 16.5. The maximum absolute atomic E-state index is 12.3. The Labute approximate surface area is 121 Å². The average Bonchev–Trinajstić information content (AvgIpc) is 2.41. The highest BCUT2D eigenvalue weighted by Gasteiger charge is 2.38. The molecule has 0 atom stereocenters. The van der Waals surface area contributed by atoms with E-state index in [4.69, 9.17) is 9.47 Å². The smallest absolute Gasteiger partial charge is 0.319 e. The molecule has 0 saturated carbocycles. The largest absolute Gasteiger partial charge is 0.465 e. The van der Waals surface area contributed by atoms with E-state index in [9.17, 15) is 9.59 Å². The maximum Gasteiger partial charge on any atom is 0.319 e. The fourth-order valence-corrected chi connectivity index (χ4v) is 2.30. The number of esters is 1. The number of carbonyl (C=O) groups excluding carboxylic acids is 2. The van der Waals surface area contributed by atoms with Gasteiger partial charge in [0, 0.05) is 19.7 Å². The maximum atomic E-state index is 12.3. The van der Waals surface area contributed by atoms with Gasteiger partial charge in [0.1, 0.15) is 5.41 Å². The van der Waals surface area contributed by atoms with Crippen molar-refractivity contribution in [3.63, 3.8) is 0 Å². The third-order valence-electron chi connectivity index (χ3n) is 3.79. The van der Waals surface area contributed by atoms with Gasteiger partial charge >= 0.3 is 5.97 Å². The predicted octanol–water partition coefficient (Wildman–Crippen LogP) is 1.65. The minimum absolute atomic E-state index is 0.0780. The van der Waals surface area contributed by atoms with Gasteiger partial charge in [0.05, 0.1) is 19.3 Å². The van der Waals surface area contributed by atoms with Gasteiger partial charge in [-0.15, -0.1) is 0 Å². The van der Waals surface area contributed by atoms with Crippen LogP contribution >= 0.6 is 0 Å². The number of likely N-dealkylation sites (tertiary alicyclic amines) is 1. The van der Waals surface area contributed by atoms with Crippen molar-refractivity contribution >= 4 is 11.8 Å². The van der Waals surface area contributed by atoms with Crippen LogP contribution in [-0.4, -0.2) is 55.6 Å². The number of carbonyl (C=O) groups is 2. The van der Waals surface area contributed by atoms with Crippen molar-refractivity contribution in [1.82, 2.24) is 4.90 Å². The van der Waals surface area contributed by atoms with Crippen LogP contribution in [0.3, 0.4) is 0 Å². The first-order valence-corrected chi connectivity index (χ1v) is 7.46. The van der Waals surface area contributed by atoms with Crippen molar-refractivity contribution in [1.29, 1.82) is 0 Å². The third kappa shape index (κ3) is 4.56. The number of nitrogens with zero attached hydrogens (tertiary/aromatic N) is 1. The van der Waals surface area contributed by atoms with Crippen LogP contribution in [0.25, 0.3) is 0 Å². The summed E-state index contributed by atoms with van der Waals surface area (Å²) < 4.78 is 10.6. The number of piperidine rings is 1. The van der Waals surface area contributed by atoms with Gasteiger partial charge in [-0.2, -0.15) is 0 Å². The van der Waals surface area contributed by atoms with Gasteiger partial charge < -0.3 is 9.47 Å². The van der Waals surface area contributed by atoms with Crippen LogP contribution < -0.4 is 0 Å². The quantitative estimate of drug-likeness (QED) is 0.526. The molecule has 0 aromatic heterocycles. The van der Waals surface area contributed by atoms with Crippen LogP contribution in [0.5, 0.6) is 0 Å². The van der Waals surface area contributed by atoms with E-state index < -0.39 is 11.4 Å². The van der Waals surface area contributed by atoms with E-state index in [1.165, 1.54) is 0 Å². The lowest BCUT2D eigenvalue weighted by molar-refractivity contribution is -0.158.